The first-order valence-electron chi connectivity index (χ1n) is 9.48. The van der Waals surface area contributed by atoms with E-state index in [1.165, 1.54) is 37.3 Å². The van der Waals surface area contributed by atoms with Gasteiger partial charge in [0.2, 0.25) is 17.7 Å². The van der Waals surface area contributed by atoms with E-state index in [9.17, 15) is 27.2 Å². The highest BCUT2D eigenvalue weighted by Gasteiger charge is 2.27. The van der Waals surface area contributed by atoms with Gasteiger partial charge in [-0.1, -0.05) is 36.4 Å². The van der Waals surface area contributed by atoms with E-state index in [0.717, 1.165) is 0 Å². The van der Waals surface area contributed by atoms with Gasteiger partial charge in [0.05, 0.1) is 10.6 Å². The van der Waals surface area contributed by atoms with Gasteiger partial charge in [-0.25, -0.2) is 12.8 Å². The van der Waals surface area contributed by atoms with Crippen LogP contribution in [0.3, 0.4) is 0 Å². The number of hydrogen-bond donors (Lipinski definition) is 3. The van der Waals surface area contributed by atoms with Crippen LogP contribution in [0.15, 0.2) is 59.5 Å². The van der Waals surface area contributed by atoms with E-state index in [1.54, 1.807) is 24.3 Å². The summed E-state index contributed by atoms with van der Waals surface area (Å²) >= 11 is 0. The standard InChI is InChI=1S/C21H24FN3O5S/c1-14(26)24-19(13-15-7-5-6-10-17(15)22)21(28)25-18(20(23)27)11-12-31(29,30)16-8-3-2-4-9-16/h2-10,18-19H,11-13H2,1H3,(H2,23,27)(H,24,26)(H,25,28)/t18-,19-/m0/s1. The number of carbonyl (C=O) groups is 3. The van der Waals surface area contributed by atoms with Crippen LogP contribution in [0.4, 0.5) is 4.39 Å². The van der Waals surface area contributed by atoms with Gasteiger partial charge in [-0.15, -0.1) is 0 Å². The zero-order valence-electron chi connectivity index (χ0n) is 16.9. The molecule has 166 valence electrons. The van der Waals surface area contributed by atoms with Crippen LogP contribution < -0.4 is 16.4 Å². The Bertz CT molecular complexity index is 1040. The van der Waals surface area contributed by atoms with Gasteiger partial charge in [0.1, 0.15) is 17.9 Å². The summed E-state index contributed by atoms with van der Waals surface area (Å²) in [5.41, 5.74) is 5.53. The predicted octanol–water partition coefficient (Wildman–Crippen LogP) is 0.707. The number of nitrogens with two attached hydrogens (primary N) is 1. The second-order valence-corrected chi connectivity index (χ2v) is 9.04. The summed E-state index contributed by atoms with van der Waals surface area (Å²) < 4.78 is 38.8. The molecule has 2 atom stereocenters. The quantitative estimate of drug-likeness (QED) is 0.491. The summed E-state index contributed by atoms with van der Waals surface area (Å²) in [5, 5.41) is 4.78. The van der Waals surface area contributed by atoms with Crippen LogP contribution in [0, 0.1) is 5.82 Å². The average Bonchev–Trinajstić information content (AvgIpc) is 2.72. The average molecular weight is 450 g/mol. The number of sulfone groups is 1. The third kappa shape index (κ3) is 7.18. The Balaban J connectivity index is 2.11. The van der Waals surface area contributed by atoms with Crippen LogP contribution in [-0.4, -0.2) is 44.0 Å². The topological polar surface area (TPSA) is 135 Å². The van der Waals surface area contributed by atoms with E-state index in [-0.39, 0.29) is 23.3 Å². The fourth-order valence-electron chi connectivity index (χ4n) is 2.92. The number of primary amides is 1. The van der Waals surface area contributed by atoms with Crippen LogP contribution in [-0.2, 0) is 30.6 Å². The third-order valence-electron chi connectivity index (χ3n) is 4.51. The molecule has 8 nitrogen and oxygen atoms in total. The first-order chi connectivity index (χ1) is 14.6. The second-order valence-electron chi connectivity index (χ2n) is 6.93. The number of amides is 3. The molecule has 0 saturated carbocycles. The maximum atomic E-state index is 14.0. The molecule has 0 spiro atoms. The Morgan fingerprint density at radius 1 is 0.968 bits per heavy atom. The van der Waals surface area contributed by atoms with Crippen LogP contribution >= 0.6 is 0 Å². The first kappa shape index (κ1) is 24.0. The lowest BCUT2D eigenvalue weighted by molar-refractivity contribution is -0.130. The van der Waals surface area contributed by atoms with E-state index in [1.807, 2.05) is 0 Å². The molecule has 2 rings (SSSR count). The van der Waals surface area contributed by atoms with E-state index >= 15 is 0 Å². The van der Waals surface area contributed by atoms with Crippen molar-refractivity contribution in [1.29, 1.82) is 0 Å². The molecule has 10 heteroatoms. The maximum Gasteiger partial charge on any atom is 0.243 e. The minimum Gasteiger partial charge on any atom is -0.368 e. The summed E-state index contributed by atoms with van der Waals surface area (Å²) in [5.74, 6) is -3.21. The summed E-state index contributed by atoms with van der Waals surface area (Å²) in [6, 6.07) is 11.0. The van der Waals surface area contributed by atoms with E-state index in [4.69, 9.17) is 5.73 Å². The fraction of sp³-hybridized carbons (Fsp3) is 0.286. The third-order valence-corrected chi connectivity index (χ3v) is 6.28. The van der Waals surface area contributed by atoms with Crippen molar-refractivity contribution in [2.24, 2.45) is 5.73 Å². The molecule has 0 aliphatic rings. The number of hydrogen-bond acceptors (Lipinski definition) is 5. The Hall–Kier alpha value is -3.27. The maximum absolute atomic E-state index is 14.0. The van der Waals surface area contributed by atoms with Gasteiger partial charge in [0.15, 0.2) is 9.84 Å². The minimum absolute atomic E-state index is 0.0835. The number of carbonyl (C=O) groups excluding carboxylic acids is 3. The Labute approximate surface area is 179 Å². The number of halogens is 1. The van der Waals surface area contributed by atoms with Crippen molar-refractivity contribution >= 4 is 27.6 Å². The second kappa shape index (κ2) is 10.7. The fourth-order valence-corrected chi connectivity index (χ4v) is 4.27. The molecule has 2 aromatic rings. The normalized spacial score (nSPS) is 13.1. The van der Waals surface area contributed by atoms with Crippen molar-refractivity contribution in [3.63, 3.8) is 0 Å². The smallest absolute Gasteiger partial charge is 0.243 e. The number of rotatable bonds is 10. The van der Waals surface area contributed by atoms with Crippen LogP contribution in [0.2, 0.25) is 0 Å². The van der Waals surface area contributed by atoms with E-state index in [2.05, 4.69) is 10.6 Å². The highest BCUT2D eigenvalue weighted by atomic mass is 32.2. The Kier molecular flexibility index (Phi) is 8.26. The van der Waals surface area contributed by atoms with Gasteiger partial charge in [-0.2, -0.15) is 0 Å². The molecule has 3 amide bonds. The monoisotopic (exact) mass is 449 g/mol. The predicted molar refractivity (Wildman–Crippen MR) is 112 cm³/mol. The van der Waals surface area contributed by atoms with Gasteiger partial charge in [0, 0.05) is 13.3 Å². The van der Waals surface area contributed by atoms with Crippen molar-refractivity contribution in [1.82, 2.24) is 10.6 Å². The molecule has 0 fully saturated rings. The summed E-state index contributed by atoms with van der Waals surface area (Å²) in [6.45, 7) is 1.19. The first-order valence-corrected chi connectivity index (χ1v) is 11.1. The highest BCUT2D eigenvalue weighted by molar-refractivity contribution is 7.91. The molecule has 0 saturated heterocycles. The summed E-state index contributed by atoms with van der Waals surface area (Å²) in [7, 11) is -3.70. The van der Waals surface area contributed by atoms with Crippen LogP contribution in [0.1, 0.15) is 18.9 Å². The number of nitrogens with one attached hydrogen (secondary N) is 2. The Morgan fingerprint density at radius 2 is 1.58 bits per heavy atom. The molecular weight excluding hydrogens is 425 g/mol. The molecule has 31 heavy (non-hydrogen) atoms. The summed E-state index contributed by atoms with van der Waals surface area (Å²) in [6.07, 6.45) is -0.420. The van der Waals surface area contributed by atoms with Gasteiger partial charge in [0.25, 0.3) is 0 Å². The van der Waals surface area contributed by atoms with Gasteiger partial charge in [-0.05, 0) is 30.2 Å². The molecule has 0 bridgehead atoms. The van der Waals surface area contributed by atoms with Crippen molar-refractivity contribution in [3.8, 4) is 0 Å². The van der Waals surface area contributed by atoms with Gasteiger partial charge < -0.3 is 16.4 Å². The molecule has 0 aromatic heterocycles. The molecule has 0 aliphatic heterocycles. The van der Waals surface area contributed by atoms with Gasteiger partial charge >= 0.3 is 0 Å². The van der Waals surface area contributed by atoms with E-state index < -0.39 is 51.2 Å². The largest absolute Gasteiger partial charge is 0.368 e. The van der Waals surface area contributed by atoms with Gasteiger partial charge in [-0.3, -0.25) is 14.4 Å². The van der Waals surface area contributed by atoms with Crippen molar-refractivity contribution < 1.29 is 27.2 Å². The molecular formula is C21H24FN3O5S. The van der Waals surface area contributed by atoms with E-state index in [0.29, 0.717) is 0 Å². The van der Waals surface area contributed by atoms with Crippen molar-refractivity contribution in [3.05, 3.63) is 66.0 Å². The van der Waals surface area contributed by atoms with Crippen molar-refractivity contribution in [2.75, 3.05) is 5.75 Å². The molecule has 0 unspecified atom stereocenters. The van der Waals surface area contributed by atoms with Crippen LogP contribution in [0.5, 0.6) is 0 Å². The molecule has 0 aliphatic carbocycles. The lowest BCUT2D eigenvalue weighted by Gasteiger charge is -2.22. The number of benzene rings is 2. The van der Waals surface area contributed by atoms with Crippen LogP contribution in [0.25, 0.3) is 0 Å². The highest BCUT2D eigenvalue weighted by Crippen LogP contribution is 2.13. The zero-order chi connectivity index (χ0) is 23.0. The van der Waals surface area contributed by atoms with Crippen molar-refractivity contribution in [2.45, 2.75) is 36.7 Å². The summed E-state index contributed by atoms with van der Waals surface area (Å²) in [4.78, 5) is 36.1. The molecule has 4 N–H and O–H groups in total. The molecule has 2 aromatic carbocycles. The molecule has 0 heterocycles. The SMILES string of the molecule is CC(=O)N[C@@H](Cc1ccccc1F)C(=O)N[C@@H](CCS(=O)(=O)c1ccccc1)C(N)=O. The lowest BCUT2D eigenvalue weighted by Crippen LogP contribution is -2.53. The zero-order valence-corrected chi connectivity index (χ0v) is 17.7. The lowest BCUT2D eigenvalue weighted by atomic mass is 10.0. The molecule has 0 radical (unpaired) electrons. The Morgan fingerprint density at radius 3 is 2.16 bits per heavy atom. The minimum atomic E-state index is -3.70.